The SMILES string of the molecule is CCN1CCN(Cc2ccc(Nc3ncc(F)c(-c4cc(F)c5c(c4)N4CCCCC4N5)n3)nc2)CC1. The molecule has 0 aliphatic carbocycles. The number of nitrogens with one attached hydrogen (secondary N) is 2. The third kappa shape index (κ3) is 4.95. The monoisotopic (exact) mass is 506 g/mol. The zero-order chi connectivity index (χ0) is 25.4. The van der Waals surface area contributed by atoms with Crippen LogP contribution >= 0.6 is 0 Å². The van der Waals surface area contributed by atoms with Crippen molar-refractivity contribution in [1.29, 1.82) is 0 Å². The molecule has 2 fully saturated rings. The highest BCUT2D eigenvalue weighted by atomic mass is 19.1. The molecule has 0 radical (unpaired) electrons. The molecule has 2 aromatic heterocycles. The number of hydrogen-bond donors (Lipinski definition) is 2. The van der Waals surface area contributed by atoms with E-state index in [2.05, 4.69) is 47.2 Å². The first-order valence-corrected chi connectivity index (χ1v) is 13.1. The van der Waals surface area contributed by atoms with Crippen LogP contribution in [0.25, 0.3) is 11.3 Å². The maximum absolute atomic E-state index is 15.0. The normalized spacial score (nSPS) is 19.9. The Bertz CT molecular complexity index is 1260. The Morgan fingerprint density at radius 3 is 2.59 bits per heavy atom. The van der Waals surface area contributed by atoms with Gasteiger partial charge in [0.15, 0.2) is 5.82 Å². The first-order valence-electron chi connectivity index (χ1n) is 13.1. The lowest BCUT2D eigenvalue weighted by molar-refractivity contribution is 0.132. The van der Waals surface area contributed by atoms with Crippen molar-refractivity contribution in [3.05, 3.63) is 53.9 Å². The molecule has 194 valence electrons. The van der Waals surface area contributed by atoms with Crippen LogP contribution in [-0.2, 0) is 6.54 Å². The maximum atomic E-state index is 15.0. The maximum Gasteiger partial charge on any atom is 0.229 e. The van der Waals surface area contributed by atoms with Gasteiger partial charge < -0.3 is 20.4 Å². The average molecular weight is 507 g/mol. The molecule has 37 heavy (non-hydrogen) atoms. The second-order valence-electron chi connectivity index (χ2n) is 9.98. The summed E-state index contributed by atoms with van der Waals surface area (Å²) in [5.74, 6) is -0.222. The van der Waals surface area contributed by atoms with E-state index in [0.29, 0.717) is 17.1 Å². The Morgan fingerprint density at radius 1 is 0.973 bits per heavy atom. The molecule has 10 heteroatoms. The van der Waals surface area contributed by atoms with E-state index in [9.17, 15) is 4.39 Å². The lowest BCUT2D eigenvalue weighted by Gasteiger charge is -2.33. The van der Waals surface area contributed by atoms with E-state index in [4.69, 9.17) is 0 Å². The third-order valence-electron chi connectivity index (χ3n) is 7.59. The number of piperidine rings is 1. The number of benzene rings is 1. The Morgan fingerprint density at radius 2 is 1.81 bits per heavy atom. The molecule has 0 bridgehead atoms. The molecule has 0 saturated carbocycles. The van der Waals surface area contributed by atoms with Gasteiger partial charge in [0, 0.05) is 51.0 Å². The molecule has 0 spiro atoms. The zero-order valence-electron chi connectivity index (χ0n) is 21.1. The summed E-state index contributed by atoms with van der Waals surface area (Å²) in [6.07, 6.45) is 6.17. The van der Waals surface area contributed by atoms with Gasteiger partial charge in [0.1, 0.15) is 17.3 Å². The Labute approximate surface area is 215 Å². The number of piperazine rings is 1. The van der Waals surface area contributed by atoms with Gasteiger partial charge in [-0.3, -0.25) is 4.90 Å². The second kappa shape index (κ2) is 10.2. The standard InChI is InChI=1S/C27H32F2N8/c1-2-35-9-11-36(12-10-35)17-18-6-7-23(30-15-18)32-27-31-16-21(29)25(34-27)19-13-20(28)26-22(14-19)37-8-4-3-5-24(37)33-26/h6-7,13-16,24,33H,2-5,8-12,17H2,1H3,(H,30,31,32,34). The minimum atomic E-state index is -0.600. The first-order chi connectivity index (χ1) is 18.1. The third-order valence-corrected chi connectivity index (χ3v) is 7.59. The zero-order valence-corrected chi connectivity index (χ0v) is 21.1. The lowest BCUT2D eigenvalue weighted by atomic mass is 10.1. The fourth-order valence-electron chi connectivity index (χ4n) is 5.49. The van der Waals surface area contributed by atoms with Crippen molar-refractivity contribution in [2.24, 2.45) is 0 Å². The average Bonchev–Trinajstić information content (AvgIpc) is 3.31. The van der Waals surface area contributed by atoms with Gasteiger partial charge in [-0.25, -0.2) is 23.7 Å². The van der Waals surface area contributed by atoms with Gasteiger partial charge >= 0.3 is 0 Å². The quantitative estimate of drug-likeness (QED) is 0.509. The predicted molar refractivity (Wildman–Crippen MR) is 141 cm³/mol. The highest BCUT2D eigenvalue weighted by Crippen LogP contribution is 2.42. The molecular weight excluding hydrogens is 474 g/mol. The summed E-state index contributed by atoms with van der Waals surface area (Å²) in [7, 11) is 0. The molecule has 5 heterocycles. The molecule has 2 N–H and O–H groups in total. The van der Waals surface area contributed by atoms with Gasteiger partial charge in [0.2, 0.25) is 5.95 Å². The fourth-order valence-corrected chi connectivity index (χ4v) is 5.49. The van der Waals surface area contributed by atoms with Gasteiger partial charge in [-0.1, -0.05) is 13.0 Å². The van der Waals surface area contributed by atoms with Crippen LogP contribution in [0.15, 0.2) is 36.7 Å². The number of hydrogen-bond acceptors (Lipinski definition) is 8. The minimum absolute atomic E-state index is 0.0579. The number of fused-ring (bicyclic) bond motifs is 3. The van der Waals surface area contributed by atoms with Crippen LogP contribution in [0.2, 0.25) is 0 Å². The number of likely N-dealkylation sites (N-methyl/N-ethyl adjacent to an activating group) is 1. The Balaban J connectivity index is 1.17. The van der Waals surface area contributed by atoms with E-state index < -0.39 is 11.6 Å². The van der Waals surface area contributed by atoms with Crippen molar-refractivity contribution in [2.75, 3.05) is 54.8 Å². The van der Waals surface area contributed by atoms with Gasteiger partial charge in [-0.2, -0.15) is 0 Å². The van der Waals surface area contributed by atoms with Crippen molar-refractivity contribution in [2.45, 2.75) is 38.9 Å². The molecule has 8 nitrogen and oxygen atoms in total. The van der Waals surface area contributed by atoms with Gasteiger partial charge in [-0.05, 0) is 49.6 Å². The summed E-state index contributed by atoms with van der Waals surface area (Å²) in [5.41, 5.74) is 2.83. The van der Waals surface area contributed by atoms with Crippen LogP contribution in [-0.4, -0.2) is 70.2 Å². The summed E-state index contributed by atoms with van der Waals surface area (Å²) in [5, 5.41) is 6.34. The van der Waals surface area contributed by atoms with Crippen LogP contribution in [0.4, 0.5) is 31.9 Å². The summed E-state index contributed by atoms with van der Waals surface area (Å²) in [6, 6.07) is 7.07. The van der Waals surface area contributed by atoms with Crippen LogP contribution in [0, 0.1) is 11.6 Å². The number of aromatic nitrogens is 3. The highest BCUT2D eigenvalue weighted by Gasteiger charge is 2.33. The predicted octanol–water partition coefficient (Wildman–Crippen LogP) is 4.44. The van der Waals surface area contributed by atoms with E-state index in [-0.39, 0.29) is 17.8 Å². The summed E-state index contributed by atoms with van der Waals surface area (Å²) in [4.78, 5) is 20.0. The number of pyridine rings is 1. The molecule has 3 aliphatic heterocycles. The van der Waals surface area contributed by atoms with E-state index >= 15 is 4.39 Å². The number of anilines is 4. The van der Waals surface area contributed by atoms with Gasteiger partial charge in [-0.15, -0.1) is 0 Å². The van der Waals surface area contributed by atoms with Crippen molar-refractivity contribution >= 4 is 23.1 Å². The molecule has 1 atom stereocenters. The van der Waals surface area contributed by atoms with Gasteiger partial charge in [0.05, 0.1) is 23.7 Å². The molecule has 1 unspecified atom stereocenters. The molecule has 6 rings (SSSR count). The van der Waals surface area contributed by atoms with Crippen LogP contribution in [0.3, 0.4) is 0 Å². The minimum Gasteiger partial charge on any atom is -0.361 e. The molecular formula is C27H32F2N8. The van der Waals surface area contributed by atoms with E-state index in [1.165, 1.54) is 6.07 Å². The van der Waals surface area contributed by atoms with Crippen molar-refractivity contribution in [3.8, 4) is 11.3 Å². The van der Waals surface area contributed by atoms with E-state index in [0.717, 1.165) is 82.5 Å². The number of nitrogens with zero attached hydrogens (tertiary/aromatic N) is 6. The second-order valence-corrected chi connectivity index (χ2v) is 9.98. The smallest absolute Gasteiger partial charge is 0.229 e. The first kappa shape index (κ1) is 24.0. The molecule has 2 saturated heterocycles. The van der Waals surface area contributed by atoms with Crippen molar-refractivity contribution < 1.29 is 8.78 Å². The van der Waals surface area contributed by atoms with Crippen LogP contribution in [0.5, 0.6) is 0 Å². The topological polar surface area (TPSA) is 72.5 Å². The summed E-state index contributed by atoms with van der Waals surface area (Å²) in [6.45, 7) is 9.30. The van der Waals surface area contributed by atoms with E-state index in [1.807, 2.05) is 24.4 Å². The number of rotatable bonds is 6. The summed E-state index contributed by atoms with van der Waals surface area (Å²) < 4.78 is 29.8. The van der Waals surface area contributed by atoms with E-state index in [1.54, 1.807) is 0 Å². The molecule has 3 aliphatic rings. The Hall–Kier alpha value is -3.37. The Kier molecular flexibility index (Phi) is 6.60. The molecule has 3 aromatic rings. The number of halogens is 2. The molecule has 1 aromatic carbocycles. The van der Waals surface area contributed by atoms with Crippen molar-refractivity contribution in [3.63, 3.8) is 0 Å². The fraction of sp³-hybridized carbons (Fsp3) is 0.444. The van der Waals surface area contributed by atoms with Crippen LogP contribution in [0.1, 0.15) is 31.7 Å². The lowest BCUT2D eigenvalue weighted by Crippen LogP contribution is -2.45. The van der Waals surface area contributed by atoms with Gasteiger partial charge in [0.25, 0.3) is 0 Å². The molecule has 0 amide bonds. The largest absolute Gasteiger partial charge is 0.361 e. The van der Waals surface area contributed by atoms with Crippen LogP contribution < -0.4 is 15.5 Å². The summed E-state index contributed by atoms with van der Waals surface area (Å²) >= 11 is 0. The highest BCUT2D eigenvalue weighted by molar-refractivity contribution is 5.82. The van der Waals surface area contributed by atoms with Crippen molar-refractivity contribution in [1.82, 2.24) is 24.8 Å².